The highest BCUT2D eigenvalue weighted by atomic mass is 35.5. The Hall–Kier alpha value is -4.34. The molecule has 46 heavy (non-hydrogen) atoms. The predicted octanol–water partition coefficient (Wildman–Crippen LogP) is 3.75. The molecule has 0 heterocycles. The van der Waals surface area contributed by atoms with Crippen molar-refractivity contribution >= 4 is 40.8 Å². The van der Waals surface area contributed by atoms with Gasteiger partial charge in [-0.1, -0.05) is 72.3 Å². The molecule has 3 rings (SSSR count). The van der Waals surface area contributed by atoms with Crippen molar-refractivity contribution < 1.29 is 57.9 Å². The van der Waals surface area contributed by atoms with Gasteiger partial charge in [-0.3, -0.25) is 9.59 Å². The van der Waals surface area contributed by atoms with E-state index in [-0.39, 0.29) is 22.7 Å². The van der Waals surface area contributed by atoms with Crippen LogP contribution in [0.4, 0.5) is 18.9 Å². The molecule has 3 aromatic carbocycles. The maximum Gasteiger partial charge on any atom is 0.418 e. The first-order chi connectivity index (χ1) is 21.1. The first-order valence-electron chi connectivity index (χ1n) is 13.3. The summed E-state index contributed by atoms with van der Waals surface area (Å²) in [6.07, 6.45) is -4.59. The Morgan fingerprint density at radius 3 is 1.50 bits per heavy atom. The molecule has 15 heteroatoms. The molecule has 3 aromatic rings. The topological polar surface area (TPSA) is 207 Å². The summed E-state index contributed by atoms with van der Waals surface area (Å²) in [7, 11) is 0. The molecule has 0 saturated carbocycles. The highest BCUT2D eigenvalue weighted by molar-refractivity contribution is 6.33. The molecule has 0 aliphatic rings. The molecule has 0 fully saturated rings. The number of halogens is 4. The molecule has 11 nitrogen and oxygen atoms in total. The van der Waals surface area contributed by atoms with Crippen molar-refractivity contribution in [3.05, 3.63) is 100 Å². The van der Waals surface area contributed by atoms with Crippen molar-refractivity contribution in [1.29, 1.82) is 0 Å². The summed E-state index contributed by atoms with van der Waals surface area (Å²) in [5.74, 6) is -8.03. The number of hydrogen-bond donors (Lipinski definition) is 7. The van der Waals surface area contributed by atoms with Crippen molar-refractivity contribution in [3.8, 4) is 0 Å². The number of alkyl halides is 3. The van der Waals surface area contributed by atoms with Gasteiger partial charge >= 0.3 is 18.1 Å². The van der Waals surface area contributed by atoms with E-state index >= 15 is 0 Å². The number of aliphatic hydroxyl groups is 3. The smallest absolute Gasteiger partial charge is 0.418 e. The van der Waals surface area contributed by atoms with Crippen LogP contribution in [0.25, 0.3) is 0 Å². The van der Waals surface area contributed by atoms with Crippen LogP contribution >= 0.6 is 11.6 Å². The number of nitrogens with two attached hydrogens (primary N) is 1. The van der Waals surface area contributed by atoms with Crippen LogP contribution in [0.3, 0.4) is 0 Å². The molecule has 8 N–H and O–H groups in total. The third kappa shape index (κ3) is 8.08. The van der Waals surface area contributed by atoms with E-state index in [2.05, 4.69) is 5.32 Å². The SMILES string of the molecule is CC(C)(C)NC(CO)c1cc(Cl)c(N)c(C(F)(F)F)c1.O=C(O)[C@](O)(C(=O)c1ccccc1)[C@](O)(C(=O)O)C(=O)c1ccccc1. The lowest BCUT2D eigenvalue weighted by Crippen LogP contribution is -2.71. The lowest BCUT2D eigenvalue weighted by molar-refractivity contribution is -0.187. The Morgan fingerprint density at radius 1 is 0.804 bits per heavy atom. The number of anilines is 1. The van der Waals surface area contributed by atoms with Crippen LogP contribution < -0.4 is 11.1 Å². The zero-order chi connectivity index (χ0) is 35.3. The van der Waals surface area contributed by atoms with Crippen LogP contribution in [-0.2, 0) is 15.8 Å². The molecule has 248 valence electrons. The van der Waals surface area contributed by atoms with Crippen LogP contribution in [0.5, 0.6) is 0 Å². The number of aliphatic carboxylic acids is 2. The van der Waals surface area contributed by atoms with Crippen LogP contribution in [0.2, 0.25) is 5.02 Å². The first-order valence-corrected chi connectivity index (χ1v) is 13.7. The first kappa shape index (κ1) is 37.8. The van der Waals surface area contributed by atoms with E-state index in [9.17, 15) is 57.9 Å². The zero-order valence-corrected chi connectivity index (χ0v) is 25.4. The lowest BCUT2D eigenvalue weighted by atomic mass is 9.73. The molecule has 0 aliphatic heterocycles. The Morgan fingerprint density at radius 2 is 1.20 bits per heavy atom. The van der Waals surface area contributed by atoms with E-state index in [1.54, 1.807) is 0 Å². The fourth-order valence-corrected chi connectivity index (χ4v) is 4.49. The largest absolute Gasteiger partial charge is 0.479 e. The van der Waals surface area contributed by atoms with E-state index in [0.29, 0.717) is 0 Å². The normalized spacial score (nSPS) is 14.9. The second-order valence-electron chi connectivity index (χ2n) is 11.0. The van der Waals surface area contributed by atoms with Crippen LogP contribution in [0.1, 0.15) is 58.7 Å². The maximum absolute atomic E-state index is 12.9. The number of carbonyl (C=O) groups is 4. The minimum absolute atomic E-state index is 0.177. The summed E-state index contributed by atoms with van der Waals surface area (Å²) in [6, 6.07) is 14.4. The van der Waals surface area contributed by atoms with Gasteiger partial charge in [0.15, 0.2) is 0 Å². The minimum Gasteiger partial charge on any atom is -0.479 e. The van der Waals surface area contributed by atoms with Crippen molar-refractivity contribution in [2.24, 2.45) is 0 Å². The number of aliphatic hydroxyl groups excluding tert-OH is 1. The number of carboxylic acids is 2. The monoisotopic (exact) mass is 668 g/mol. The summed E-state index contributed by atoms with van der Waals surface area (Å²) in [5.41, 5.74) is -4.94. The quantitative estimate of drug-likeness (QED) is 0.0940. The minimum atomic E-state index is -4.59. The molecular weight excluding hydrogens is 637 g/mol. The van der Waals surface area contributed by atoms with Gasteiger partial charge in [0.1, 0.15) is 0 Å². The van der Waals surface area contributed by atoms with E-state index < -0.39 is 69.3 Å². The van der Waals surface area contributed by atoms with Gasteiger partial charge in [-0.05, 0) is 38.5 Å². The Balaban J connectivity index is 0.000000332. The average Bonchev–Trinajstić information content (AvgIpc) is 2.99. The van der Waals surface area contributed by atoms with Crippen molar-refractivity contribution in [3.63, 3.8) is 0 Å². The van der Waals surface area contributed by atoms with Gasteiger partial charge in [0.05, 0.1) is 28.9 Å². The van der Waals surface area contributed by atoms with Gasteiger partial charge < -0.3 is 36.6 Å². The van der Waals surface area contributed by atoms with E-state index in [1.165, 1.54) is 42.5 Å². The number of nitrogens with one attached hydrogen (secondary N) is 1. The standard InChI is InChI=1S/C18H14O8.C13H18ClF3N2O/c19-13(11-7-3-1-4-8-11)17(25,15(21)22)18(26,16(23)24)14(20)12-9-5-2-6-10-12;1-12(2,3)19-10(6-20)7-4-8(13(15,16)17)11(18)9(14)5-7/h1-10,25-26H,(H,21,22)(H,23,24);4-5,10,19-20H,6,18H2,1-3H3/t17-,18-;/m1./s1. The third-order valence-electron chi connectivity index (χ3n) is 6.52. The summed E-state index contributed by atoms with van der Waals surface area (Å²) in [4.78, 5) is 48.5. The molecule has 3 atom stereocenters. The van der Waals surface area contributed by atoms with Crippen LogP contribution in [0, 0.1) is 0 Å². The number of hydrogen-bond acceptors (Lipinski definition) is 9. The molecule has 0 saturated heterocycles. The zero-order valence-electron chi connectivity index (χ0n) is 24.7. The maximum atomic E-state index is 12.9. The molecule has 0 aromatic heterocycles. The molecule has 1 unspecified atom stereocenters. The number of carbonyl (C=O) groups excluding carboxylic acids is 2. The number of rotatable bonds is 10. The van der Waals surface area contributed by atoms with Gasteiger partial charge in [0, 0.05) is 16.7 Å². The van der Waals surface area contributed by atoms with E-state index in [1.807, 2.05) is 20.8 Å². The summed E-state index contributed by atoms with van der Waals surface area (Å²) in [6.45, 7) is 5.19. The fraction of sp³-hybridized carbons (Fsp3) is 0.290. The van der Waals surface area contributed by atoms with Gasteiger partial charge in [-0.15, -0.1) is 0 Å². The van der Waals surface area contributed by atoms with Crippen molar-refractivity contribution in [2.45, 2.75) is 49.7 Å². The number of nitrogen functional groups attached to an aromatic ring is 1. The van der Waals surface area contributed by atoms with Gasteiger partial charge in [-0.25, -0.2) is 9.59 Å². The third-order valence-corrected chi connectivity index (χ3v) is 6.83. The fourth-order valence-electron chi connectivity index (χ4n) is 4.26. The second-order valence-corrected chi connectivity index (χ2v) is 11.4. The highest BCUT2D eigenvalue weighted by Gasteiger charge is 2.69. The van der Waals surface area contributed by atoms with E-state index in [4.69, 9.17) is 17.3 Å². The number of ketones is 2. The van der Waals surface area contributed by atoms with Crippen LogP contribution in [0.15, 0.2) is 72.8 Å². The average molecular weight is 669 g/mol. The van der Waals surface area contributed by atoms with Crippen molar-refractivity contribution in [2.75, 3.05) is 12.3 Å². The number of Topliss-reactive ketones (excluding diaryl/α,β-unsaturated/α-hetero) is 2. The van der Waals surface area contributed by atoms with E-state index in [0.717, 1.165) is 30.3 Å². The molecule has 0 spiro atoms. The number of carboxylic acid groups (broad SMARTS) is 2. The Labute approximate surface area is 266 Å². The lowest BCUT2D eigenvalue weighted by Gasteiger charge is -2.34. The predicted molar refractivity (Wildman–Crippen MR) is 160 cm³/mol. The Kier molecular flexibility index (Phi) is 11.8. The van der Waals surface area contributed by atoms with Crippen LogP contribution in [-0.4, -0.2) is 72.4 Å². The van der Waals surface area contributed by atoms with Gasteiger partial charge in [-0.2, -0.15) is 13.2 Å². The molecule has 0 bridgehead atoms. The highest BCUT2D eigenvalue weighted by Crippen LogP contribution is 2.39. The summed E-state index contributed by atoms with van der Waals surface area (Å²) >= 11 is 5.76. The van der Waals surface area contributed by atoms with Gasteiger partial charge in [0.25, 0.3) is 11.2 Å². The molecule has 0 aliphatic carbocycles. The second kappa shape index (κ2) is 14.4. The Bertz CT molecular complexity index is 1510. The summed E-state index contributed by atoms with van der Waals surface area (Å²) in [5, 5.41) is 52.1. The molecular formula is C31H32ClF3N2O9. The molecule has 0 amide bonds. The number of benzene rings is 3. The summed E-state index contributed by atoms with van der Waals surface area (Å²) < 4.78 is 38.7. The molecule has 0 radical (unpaired) electrons. The van der Waals surface area contributed by atoms with Crippen molar-refractivity contribution in [1.82, 2.24) is 5.32 Å². The van der Waals surface area contributed by atoms with Gasteiger partial charge in [0.2, 0.25) is 11.6 Å².